The molecule has 1 aliphatic rings. The van der Waals surface area contributed by atoms with Crippen molar-refractivity contribution in [2.45, 2.75) is 6.42 Å². The van der Waals surface area contributed by atoms with Crippen LogP contribution in [0.4, 0.5) is 0 Å². The minimum absolute atomic E-state index is 0.190. The van der Waals surface area contributed by atoms with Crippen LogP contribution in [0.5, 0.6) is 5.75 Å². The molecule has 0 aliphatic carbocycles. The minimum atomic E-state index is -0.190. The molecule has 8 nitrogen and oxygen atoms in total. The van der Waals surface area contributed by atoms with E-state index in [1.54, 1.807) is 17.7 Å². The Hall–Kier alpha value is -3.46. The first kappa shape index (κ1) is 24.2. The van der Waals surface area contributed by atoms with Gasteiger partial charge in [-0.1, -0.05) is 23.7 Å². The molecule has 9 heteroatoms. The number of benzene rings is 2. The summed E-state index contributed by atoms with van der Waals surface area (Å²) in [5, 5.41) is 8.42. The molecule has 0 spiro atoms. The molecule has 1 saturated heterocycles. The van der Waals surface area contributed by atoms with E-state index in [0.717, 1.165) is 56.1 Å². The molecule has 0 radical (unpaired) electrons. The van der Waals surface area contributed by atoms with Gasteiger partial charge in [-0.15, -0.1) is 0 Å². The van der Waals surface area contributed by atoms with Gasteiger partial charge in [-0.25, -0.2) is 9.50 Å². The number of carbonyl (C=O) groups is 1. The number of amides is 1. The number of morpholine rings is 1. The van der Waals surface area contributed by atoms with E-state index in [9.17, 15) is 4.79 Å². The van der Waals surface area contributed by atoms with Crippen molar-refractivity contribution in [2.24, 2.45) is 0 Å². The largest absolute Gasteiger partial charge is 0.497 e. The first-order valence-corrected chi connectivity index (χ1v) is 12.4. The van der Waals surface area contributed by atoms with Crippen LogP contribution in [0, 0.1) is 0 Å². The summed E-state index contributed by atoms with van der Waals surface area (Å²) in [6.07, 6.45) is 0.862. The van der Waals surface area contributed by atoms with Gasteiger partial charge in [-0.3, -0.25) is 9.69 Å². The molecule has 4 aromatic rings. The van der Waals surface area contributed by atoms with E-state index in [2.05, 4.69) is 10.2 Å². The molecule has 2 aromatic heterocycles. The first-order valence-electron chi connectivity index (χ1n) is 12.0. The summed E-state index contributed by atoms with van der Waals surface area (Å²) < 4.78 is 12.3. The molecule has 1 N–H and O–H groups in total. The van der Waals surface area contributed by atoms with Gasteiger partial charge in [0.15, 0.2) is 5.65 Å². The molecule has 0 atom stereocenters. The molecule has 1 amide bonds. The summed E-state index contributed by atoms with van der Waals surface area (Å²) in [6, 6.07) is 18.7. The van der Waals surface area contributed by atoms with Gasteiger partial charge in [0.25, 0.3) is 5.91 Å². The molecule has 0 unspecified atom stereocenters. The maximum atomic E-state index is 13.3. The van der Waals surface area contributed by atoms with Gasteiger partial charge in [0, 0.05) is 41.9 Å². The molecule has 2 aromatic carbocycles. The number of methoxy groups -OCH3 is 1. The highest BCUT2D eigenvalue weighted by Crippen LogP contribution is 2.26. The number of fused-ring (bicyclic) bond motifs is 1. The highest BCUT2D eigenvalue weighted by atomic mass is 35.5. The summed E-state index contributed by atoms with van der Waals surface area (Å²) in [7, 11) is 1.63. The van der Waals surface area contributed by atoms with E-state index in [4.69, 9.17) is 31.2 Å². The van der Waals surface area contributed by atoms with E-state index in [0.29, 0.717) is 34.3 Å². The van der Waals surface area contributed by atoms with Gasteiger partial charge < -0.3 is 14.8 Å². The Morgan fingerprint density at radius 2 is 1.72 bits per heavy atom. The third kappa shape index (κ3) is 5.51. The van der Waals surface area contributed by atoms with Crippen LogP contribution in [0.25, 0.3) is 28.2 Å². The maximum Gasteiger partial charge on any atom is 0.270 e. The second-order valence-electron chi connectivity index (χ2n) is 8.63. The zero-order valence-electron chi connectivity index (χ0n) is 20.1. The fraction of sp³-hybridized carbons (Fsp3) is 0.296. The molecular weight excluding hydrogens is 478 g/mol. The highest BCUT2D eigenvalue weighted by Gasteiger charge is 2.18. The number of hydrogen-bond acceptors (Lipinski definition) is 6. The molecule has 5 rings (SSSR count). The van der Waals surface area contributed by atoms with E-state index in [-0.39, 0.29) is 5.91 Å². The molecule has 0 saturated carbocycles. The Morgan fingerprint density at radius 1 is 1.03 bits per heavy atom. The smallest absolute Gasteiger partial charge is 0.270 e. The molecule has 1 fully saturated rings. The van der Waals surface area contributed by atoms with Crippen molar-refractivity contribution in [3.8, 4) is 28.3 Å². The normalized spacial score (nSPS) is 14.2. The van der Waals surface area contributed by atoms with E-state index < -0.39 is 0 Å². The molecule has 0 bridgehead atoms. The lowest BCUT2D eigenvalue weighted by Gasteiger charge is -2.26. The number of nitrogens with one attached hydrogen (secondary N) is 1. The fourth-order valence-corrected chi connectivity index (χ4v) is 4.35. The van der Waals surface area contributed by atoms with Gasteiger partial charge in [0.1, 0.15) is 11.4 Å². The Bertz CT molecular complexity index is 1330. The molecule has 1 aliphatic heterocycles. The predicted octanol–water partition coefficient (Wildman–Crippen LogP) is 4.18. The summed E-state index contributed by atoms with van der Waals surface area (Å²) in [5.41, 5.74) is 4.20. The molecule has 3 heterocycles. The minimum Gasteiger partial charge on any atom is -0.497 e. The van der Waals surface area contributed by atoms with Crippen LogP contribution in [0.3, 0.4) is 0 Å². The van der Waals surface area contributed by atoms with Crippen molar-refractivity contribution in [1.29, 1.82) is 0 Å². The average molecular weight is 506 g/mol. The van der Waals surface area contributed by atoms with Crippen LogP contribution < -0.4 is 10.1 Å². The Balaban J connectivity index is 1.43. The van der Waals surface area contributed by atoms with Crippen molar-refractivity contribution in [2.75, 3.05) is 46.5 Å². The van der Waals surface area contributed by atoms with Gasteiger partial charge in [-0.2, -0.15) is 5.10 Å². The summed E-state index contributed by atoms with van der Waals surface area (Å²) in [5.74, 6) is 0.567. The van der Waals surface area contributed by atoms with Crippen LogP contribution in [0.2, 0.25) is 5.02 Å². The second kappa shape index (κ2) is 11.1. The lowest BCUT2D eigenvalue weighted by atomic mass is 10.1. The van der Waals surface area contributed by atoms with Gasteiger partial charge in [-0.05, 0) is 55.4 Å². The van der Waals surface area contributed by atoms with Crippen molar-refractivity contribution in [1.82, 2.24) is 24.8 Å². The molecular formula is C27H28ClN5O3. The van der Waals surface area contributed by atoms with Crippen LogP contribution in [0.1, 0.15) is 16.9 Å². The number of hydrogen-bond donors (Lipinski definition) is 1. The van der Waals surface area contributed by atoms with Crippen molar-refractivity contribution >= 4 is 23.2 Å². The third-order valence-electron chi connectivity index (χ3n) is 6.23. The molecule has 36 heavy (non-hydrogen) atoms. The standard InChI is InChI=1S/C27H28ClN5O3/c1-35-22-9-5-19(6-10-22)23-17-25(27(34)29-11-2-12-32-13-15-36-16-14-32)33-26(30-23)18-24(31-33)20-3-7-21(28)8-4-20/h3-10,17-18H,2,11-16H2,1H3,(H,29,34). The van der Waals surface area contributed by atoms with E-state index in [1.807, 2.05) is 54.6 Å². The van der Waals surface area contributed by atoms with E-state index >= 15 is 0 Å². The number of rotatable bonds is 8. The van der Waals surface area contributed by atoms with Crippen molar-refractivity contribution in [3.05, 3.63) is 71.4 Å². The summed E-state index contributed by atoms with van der Waals surface area (Å²) in [6.45, 7) is 4.91. The van der Waals surface area contributed by atoms with Gasteiger partial charge in [0.05, 0.1) is 31.7 Å². The maximum absolute atomic E-state index is 13.3. The highest BCUT2D eigenvalue weighted by molar-refractivity contribution is 6.30. The zero-order chi connectivity index (χ0) is 24.9. The Morgan fingerprint density at radius 3 is 2.44 bits per heavy atom. The lowest BCUT2D eigenvalue weighted by molar-refractivity contribution is 0.0374. The topological polar surface area (TPSA) is 81.0 Å². The number of halogens is 1. The quantitative estimate of drug-likeness (QED) is 0.362. The number of nitrogens with zero attached hydrogens (tertiary/aromatic N) is 4. The molecule has 186 valence electrons. The van der Waals surface area contributed by atoms with Crippen LogP contribution in [-0.2, 0) is 4.74 Å². The number of aromatic nitrogens is 3. The number of ether oxygens (including phenoxy) is 2. The monoisotopic (exact) mass is 505 g/mol. The van der Waals surface area contributed by atoms with Crippen LogP contribution in [0.15, 0.2) is 60.7 Å². The average Bonchev–Trinajstić information content (AvgIpc) is 3.36. The summed E-state index contributed by atoms with van der Waals surface area (Å²) >= 11 is 6.06. The van der Waals surface area contributed by atoms with Gasteiger partial charge in [0.2, 0.25) is 0 Å². The van der Waals surface area contributed by atoms with E-state index in [1.165, 1.54) is 0 Å². The Kier molecular flexibility index (Phi) is 7.46. The summed E-state index contributed by atoms with van der Waals surface area (Å²) in [4.78, 5) is 20.5. The SMILES string of the molecule is COc1ccc(-c2cc(C(=O)NCCCN3CCOCC3)n3nc(-c4ccc(Cl)cc4)cc3n2)cc1. The second-order valence-corrected chi connectivity index (χ2v) is 9.06. The lowest BCUT2D eigenvalue weighted by Crippen LogP contribution is -2.38. The van der Waals surface area contributed by atoms with Crippen molar-refractivity contribution in [3.63, 3.8) is 0 Å². The fourth-order valence-electron chi connectivity index (χ4n) is 4.23. The van der Waals surface area contributed by atoms with Crippen LogP contribution in [-0.4, -0.2) is 71.9 Å². The zero-order valence-corrected chi connectivity index (χ0v) is 20.9. The Labute approximate surface area is 214 Å². The van der Waals surface area contributed by atoms with Crippen molar-refractivity contribution < 1.29 is 14.3 Å². The van der Waals surface area contributed by atoms with Gasteiger partial charge >= 0.3 is 0 Å². The number of carbonyl (C=O) groups excluding carboxylic acids is 1. The first-order chi connectivity index (χ1) is 17.6. The van der Waals surface area contributed by atoms with Crippen LogP contribution >= 0.6 is 11.6 Å². The predicted molar refractivity (Wildman–Crippen MR) is 140 cm³/mol. The third-order valence-corrected chi connectivity index (χ3v) is 6.48.